The fourth-order valence-electron chi connectivity index (χ4n) is 4.34. The number of carbonyl (C=O) groups is 2. The maximum absolute atomic E-state index is 12.5. The number of hydrogen-bond donors (Lipinski definition) is 2. The van der Waals surface area contributed by atoms with Crippen molar-refractivity contribution < 1.29 is 14.0 Å². The monoisotopic (exact) mass is 384 g/mol. The van der Waals surface area contributed by atoms with Crippen molar-refractivity contribution in [2.24, 2.45) is 0 Å². The third-order valence-corrected chi connectivity index (χ3v) is 6.35. The molecule has 0 spiro atoms. The number of nitrogens with one attached hydrogen (secondary N) is 2. The van der Waals surface area contributed by atoms with E-state index in [0.29, 0.717) is 17.1 Å². The van der Waals surface area contributed by atoms with Gasteiger partial charge in [0.05, 0.1) is 5.56 Å². The van der Waals surface area contributed by atoms with Gasteiger partial charge in [0.15, 0.2) is 10.9 Å². The highest BCUT2D eigenvalue weighted by Crippen LogP contribution is 2.41. The molecular formula is C21H24N2O3S. The molecule has 1 aromatic heterocycles. The van der Waals surface area contributed by atoms with Gasteiger partial charge in [-0.05, 0) is 73.3 Å². The molecular weight excluding hydrogens is 360 g/mol. The molecule has 1 heterocycles. The summed E-state index contributed by atoms with van der Waals surface area (Å²) in [6.07, 6.45) is 8.48. The van der Waals surface area contributed by atoms with Crippen LogP contribution in [-0.2, 0) is 25.7 Å². The summed E-state index contributed by atoms with van der Waals surface area (Å²) in [6.45, 7) is 4.05. The lowest BCUT2D eigenvalue weighted by atomic mass is 9.93. The number of carbonyl (C=O) groups excluding carboxylic acids is 2. The molecule has 0 saturated heterocycles. The predicted octanol–water partition coefficient (Wildman–Crippen LogP) is 4.99. The minimum atomic E-state index is -0.258. The first-order chi connectivity index (χ1) is 13.1. The molecule has 0 radical (unpaired) electrons. The zero-order valence-corrected chi connectivity index (χ0v) is 16.6. The lowest BCUT2D eigenvalue weighted by molar-refractivity contribution is 0.0987. The minimum Gasteiger partial charge on any atom is -0.456 e. The number of Topliss-reactive ketones (excluding diaryl/α,β-unsaturated/α-hetero) is 1. The van der Waals surface area contributed by atoms with Gasteiger partial charge in [-0.25, -0.2) is 4.79 Å². The first-order valence-electron chi connectivity index (χ1n) is 9.60. The van der Waals surface area contributed by atoms with E-state index in [1.165, 1.54) is 34.1 Å². The lowest BCUT2D eigenvalue weighted by Gasteiger charge is -2.18. The number of fused-ring (bicyclic) bond motifs is 2. The Morgan fingerprint density at radius 2 is 1.70 bits per heavy atom. The van der Waals surface area contributed by atoms with Crippen LogP contribution in [0.4, 0.5) is 10.5 Å². The predicted molar refractivity (Wildman–Crippen MR) is 107 cm³/mol. The number of anilines is 1. The van der Waals surface area contributed by atoms with Gasteiger partial charge < -0.3 is 9.73 Å². The normalized spacial score (nSPS) is 14.7. The van der Waals surface area contributed by atoms with Gasteiger partial charge in [-0.15, -0.1) is 0 Å². The molecule has 0 unspecified atom stereocenters. The highest BCUT2D eigenvalue weighted by molar-refractivity contribution is 7.97. The van der Waals surface area contributed by atoms with Crippen LogP contribution in [0.3, 0.4) is 0 Å². The maximum atomic E-state index is 12.5. The largest absolute Gasteiger partial charge is 0.456 e. The van der Waals surface area contributed by atoms with Gasteiger partial charge >= 0.3 is 6.03 Å². The van der Waals surface area contributed by atoms with Crippen molar-refractivity contribution in [1.29, 1.82) is 0 Å². The number of hydrogen-bond acceptors (Lipinski definition) is 4. The molecule has 0 bridgehead atoms. The van der Waals surface area contributed by atoms with E-state index in [1.54, 1.807) is 6.07 Å². The molecule has 5 nitrogen and oxygen atoms in total. The van der Waals surface area contributed by atoms with Crippen LogP contribution in [0, 0.1) is 6.92 Å². The van der Waals surface area contributed by atoms with Crippen LogP contribution in [0.2, 0.25) is 0 Å². The van der Waals surface area contributed by atoms with E-state index in [2.05, 4.69) is 17.0 Å². The SMILES string of the molecule is CCC(=O)c1coc(SNC(=O)Nc2c3c(c(C)c4c2CCC4)CCC3)c1. The van der Waals surface area contributed by atoms with Crippen molar-refractivity contribution in [2.45, 2.75) is 63.9 Å². The summed E-state index contributed by atoms with van der Waals surface area (Å²) in [7, 11) is 0. The molecule has 0 atom stereocenters. The van der Waals surface area contributed by atoms with Crippen LogP contribution in [0.15, 0.2) is 21.8 Å². The number of urea groups is 1. The third-order valence-electron chi connectivity index (χ3n) is 5.65. The van der Waals surface area contributed by atoms with E-state index >= 15 is 0 Å². The second-order valence-electron chi connectivity index (χ2n) is 7.21. The zero-order chi connectivity index (χ0) is 19.0. The molecule has 2 aromatic rings. The summed E-state index contributed by atoms with van der Waals surface area (Å²) in [4.78, 5) is 24.2. The average molecular weight is 385 g/mol. The Hall–Kier alpha value is -2.21. The smallest absolute Gasteiger partial charge is 0.329 e. The van der Waals surface area contributed by atoms with E-state index < -0.39 is 0 Å². The Bertz CT molecular complexity index is 881. The Morgan fingerprint density at radius 1 is 1.07 bits per heavy atom. The van der Waals surface area contributed by atoms with E-state index in [1.807, 2.05) is 6.92 Å². The topological polar surface area (TPSA) is 71.3 Å². The molecule has 2 amide bonds. The summed E-state index contributed by atoms with van der Waals surface area (Å²) >= 11 is 1.09. The Kier molecular flexibility index (Phi) is 5.00. The van der Waals surface area contributed by atoms with E-state index in [0.717, 1.165) is 56.2 Å². The van der Waals surface area contributed by atoms with Crippen LogP contribution in [-0.4, -0.2) is 11.8 Å². The molecule has 6 heteroatoms. The van der Waals surface area contributed by atoms with E-state index in [-0.39, 0.29) is 11.8 Å². The number of furan rings is 1. The van der Waals surface area contributed by atoms with Crippen LogP contribution < -0.4 is 10.0 Å². The first-order valence-corrected chi connectivity index (χ1v) is 10.4. The Morgan fingerprint density at radius 3 is 2.33 bits per heavy atom. The quantitative estimate of drug-likeness (QED) is 0.563. The van der Waals surface area contributed by atoms with Crippen LogP contribution in [0.25, 0.3) is 0 Å². The number of benzene rings is 1. The first kappa shape index (κ1) is 18.2. The van der Waals surface area contributed by atoms with E-state index in [9.17, 15) is 9.59 Å². The van der Waals surface area contributed by atoms with Crippen molar-refractivity contribution in [1.82, 2.24) is 4.72 Å². The fraction of sp³-hybridized carbons (Fsp3) is 0.429. The van der Waals surface area contributed by atoms with Crippen molar-refractivity contribution >= 4 is 29.4 Å². The zero-order valence-electron chi connectivity index (χ0n) is 15.7. The molecule has 0 saturated carbocycles. The van der Waals surface area contributed by atoms with Gasteiger partial charge in [0.1, 0.15) is 6.26 Å². The molecule has 2 aliphatic carbocycles. The van der Waals surface area contributed by atoms with Gasteiger partial charge in [-0.1, -0.05) is 6.92 Å². The molecule has 1 aromatic carbocycles. The lowest BCUT2D eigenvalue weighted by Crippen LogP contribution is -2.24. The molecule has 0 fully saturated rings. The summed E-state index contributed by atoms with van der Waals surface area (Å²) in [6, 6.07) is 1.41. The van der Waals surface area contributed by atoms with Crippen molar-refractivity contribution in [3.8, 4) is 0 Å². The van der Waals surface area contributed by atoms with Gasteiger partial charge in [-0.3, -0.25) is 9.52 Å². The summed E-state index contributed by atoms with van der Waals surface area (Å²) in [5, 5.41) is 3.60. The molecule has 4 rings (SSSR count). The van der Waals surface area contributed by atoms with Gasteiger partial charge in [0, 0.05) is 30.1 Å². The summed E-state index contributed by atoms with van der Waals surface area (Å²) in [5.74, 6) is 0.0285. The molecule has 2 aliphatic rings. The second-order valence-corrected chi connectivity index (χ2v) is 8.02. The highest BCUT2D eigenvalue weighted by atomic mass is 32.2. The van der Waals surface area contributed by atoms with Gasteiger partial charge in [0.2, 0.25) is 0 Å². The Balaban J connectivity index is 1.48. The Labute approximate surface area is 163 Å². The van der Waals surface area contributed by atoms with Gasteiger partial charge in [0.25, 0.3) is 0 Å². The number of rotatable bonds is 5. The van der Waals surface area contributed by atoms with Crippen LogP contribution >= 0.6 is 11.9 Å². The van der Waals surface area contributed by atoms with Crippen molar-refractivity contribution in [2.75, 3.05) is 5.32 Å². The van der Waals surface area contributed by atoms with E-state index in [4.69, 9.17) is 4.42 Å². The number of amides is 2. The van der Waals surface area contributed by atoms with Crippen LogP contribution in [0.5, 0.6) is 0 Å². The average Bonchev–Trinajstić information content (AvgIpc) is 3.42. The minimum absolute atomic E-state index is 0.0285. The fourth-order valence-corrected chi connectivity index (χ4v) is 4.86. The highest BCUT2D eigenvalue weighted by Gasteiger charge is 2.27. The van der Waals surface area contributed by atoms with Gasteiger partial charge in [-0.2, -0.15) is 0 Å². The maximum Gasteiger partial charge on any atom is 0.329 e. The summed E-state index contributed by atoms with van der Waals surface area (Å²) in [5.41, 5.74) is 8.53. The molecule has 142 valence electrons. The summed E-state index contributed by atoms with van der Waals surface area (Å²) < 4.78 is 8.13. The molecule has 0 aliphatic heterocycles. The molecule has 2 N–H and O–H groups in total. The molecule has 27 heavy (non-hydrogen) atoms. The van der Waals surface area contributed by atoms with Crippen molar-refractivity contribution in [3.05, 3.63) is 45.7 Å². The standard InChI is InChI=1S/C21H24N2O3S/c1-3-18(24)13-10-19(26-11-13)27-23-21(25)22-20-16-8-4-6-14(16)12(2)15-7-5-9-17(15)20/h10-11H,3-9H2,1-2H3,(H2,22,23,25). The van der Waals surface area contributed by atoms with Crippen LogP contribution in [0.1, 0.15) is 64.4 Å². The van der Waals surface area contributed by atoms with Crippen molar-refractivity contribution in [3.63, 3.8) is 0 Å². The number of ketones is 1. The second kappa shape index (κ2) is 7.43. The third kappa shape index (κ3) is 3.38.